The Balaban J connectivity index is 1.48. The fourth-order valence-electron chi connectivity index (χ4n) is 2.63. The fraction of sp³-hybridized carbons (Fsp3) is 0.190. The van der Waals surface area contributed by atoms with Crippen LogP contribution in [-0.4, -0.2) is 34.9 Å². The largest absolute Gasteiger partial charge is 0.497 e. The van der Waals surface area contributed by atoms with Gasteiger partial charge in [0.25, 0.3) is 0 Å². The highest BCUT2D eigenvalue weighted by atomic mass is 16.5. The van der Waals surface area contributed by atoms with Gasteiger partial charge in [0.15, 0.2) is 0 Å². The highest BCUT2D eigenvalue weighted by Crippen LogP contribution is 2.12. The van der Waals surface area contributed by atoms with Crippen molar-refractivity contribution in [3.8, 4) is 5.75 Å². The third-order valence-corrected chi connectivity index (χ3v) is 4.16. The van der Waals surface area contributed by atoms with Crippen LogP contribution < -0.4 is 15.4 Å². The van der Waals surface area contributed by atoms with Gasteiger partial charge in [-0.1, -0.05) is 24.3 Å². The SMILES string of the molecule is COc1ccc(/C=C/C(=O)NC(C)C(=O)NCc2nc3ccccc3[nH]2)cc1. The van der Waals surface area contributed by atoms with Crippen LogP contribution in [0.2, 0.25) is 0 Å². The summed E-state index contributed by atoms with van der Waals surface area (Å²) in [5.74, 6) is 0.776. The lowest BCUT2D eigenvalue weighted by Crippen LogP contribution is -2.44. The molecule has 0 aliphatic heterocycles. The van der Waals surface area contributed by atoms with E-state index in [2.05, 4.69) is 20.6 Å². The molecule has 7 heteroatoms. The smallest absolute Gasteiger partial charge is 0.244 e. The summed E-state index contributed by atoms with van der Waals surface area (Å²) in [5, 5.41) is 5.41. The Labute approximate surface area is 162 Å². The van der Waals surface area contributed by atoms with E-state index in [4.69, 9.17) is 4.74 Å². The van der Waals surface area contributed by atoms with Gasteiger partial charge in [-0.25, -0.2) is 4.98 Å². The number of aromatic nitrogens is 2. The molecule has 2 aromatic carbocycles. The molecular weight excluding hydrogens is 356 g/mol. The minimum Gasteiger partial charge on any atom is -0.497 e. The highest BCUT2D eigenvalue weighted by Gasteiger charge is 2.14. The van der Waals surface area contributed by atoms with Gasteiger partial charge in [0, 0.05) is 6.08 Å². The summed E-state index contributed by atoms with van der Waals surface area (Å²) in [6.45, 7) is 1.89. The zero-order valence-electron chi connectivity index (χ0n) is 15.7. The van der Waals surface area contributed by atoms with Crippen molar-refractivity contribution in [2.45, 2.75) is 19.5 Å². The molecule has 0 radical (unpaired) electrons. The molecule has 3 N–H and O–H groups in total. The van der Waals surface area contributed by atoms with Crippen molar-refractivity contribution in [3.05, 3.63) is 66.0 Å². The standard InChI is InChI=1S/C21H22N4O3/c1-14(23-20(26)12-9-15-7-10-16(28-2)11-8-15)21(27)22-13-19-24-17-5-3-4-6-18(17)25-19/h3-12,14H,13H2,1-2H3,(H,22,27)(H,23,26)(H,24,25)/b12-9+. The number of amides is 2. The van der Waals surface area contributed by atoms with Crippen LogP contribution in [0.5, 0.6) is 5.75 Å². The lowest BCUT2D eigenvalue weighted by Gasteiger charge is -2.12. The summed E-state index contributed by atoms with van der Waals surface area (Å²) in [5.41, 5.74) is 2.62. The average molecular weight is 378 g/mol. The maximum absolute atomic E-state index is 12.2. The topological polar surface area (TPSA) is 96.1 Å². The van der Waals surface area contributed by atoms with Crippen LogP contribution in [0.25, 0.3) is 17.1 Å². The number of para-hydroxylation sites is 2. The zero-order valence-corrected chi connectivity index (χ0v) is 15.7. The molecule has 3 rings (SSSR count). The van der Waals surface area contributed by atoms with E-state index >= 15 is 0 Å². The fourth-order valence-corrected chi connectivity index (χ4v) is 2.63. The Kier molecular flexibility index (Phi) is 6.06. The monoisotopic (exact) mass is 378 g/mol. The van der Waals surface area contributed by atoms with E-state index in [1.165, 1.54) is 6.08 Å². The van der Waals surface area contributed by atoms with E-state index in [9.17, 15) is 9.59 Å². The van der Waals surface area contributed by atoms with E-state index < -0.39 is 6.04 Å². The quantitative estimate of drug-likeness (QED) is 0.550. The van der Waals surface area contributed by atoms with Gasteiger partial charge in [-0.3, -0.25) is 9.59 Å². The first kappa shape index (κ1) is 19.2. The predicted octanol–water partition coefficient (Wildman–Crippen LogP) is 2.41. The number of carbonyl (C=O) groups excluding carboxylic acids is 2. The van der Waals surface area contributed by atoms with Crippen LogP contribution in [-0.2, 0) is 16.1 Å². The molecule has 2 amide bonds. The number of imidazole rings is 1. The lowest BCUT2D eigenvalue weighted by molar-refractivity contribution is -0.126. The number of fused-ring (bicyclic) bond motifs is 1. The summed E-state index contributed by atoms with van der Waals surface area (Å²) in [7, 11) is 1.60. The number of nitrogens with zero attached hydrogens (tertiary/aromatic N) is 1. The molecule has 0 saturated carbocycles. The summed E-state index contributed by atoms with van der Waals surface area (Å²) in [4.78, 5) is 31.8. The summed E-state index contributed by atoms with van der Waals surface area (Å²) < 4.78 is 5.09. The van der Waals surface area contributed by atoms with Gasteiger partial charge >= 0.3 is 0 Å². The third kappa shape index (κ3) is 4.97. The van der Waals surface area contributed by atoms with Gasteiger partial charge in [0.05, 0.1) is 24.7 Å². The molecule has 1 aromatic heterocycles. The molecule has 3 aromatic rings. The minimum absolute atomic E-state index is 0.259. The number of methoxy groups -OCH3 is 1. The van der Waals surface area contributed by atoms with Gasteiger partial charge in [-0.15, -0.1) is 0 Å². The Bertz CT molecular complexity index is 959. The molecule has 144 valence electrons. The van der Waals surface area contributed by atoms with Crippen LogP contribution in [0.1, 0.15) is 18.3 Å². The van der Waals surface area contributed by atoms with Crippen molar-refractivity contribution < 1.29 is 14.3 Å². The third-order valence-electron chi connectivity index (χ3n) is 4.16. The Morgan fingerprint density at radius 1 is 1.18 bits per heavy atom. The molecule has 1 atom stereocenters. The van der Waals surface area contributed by atoms with E-state index in [0.29, 0.717) is 5.82 Å². The van der Waals surface area contributed by atoms with Gasteiger partial charge in [-0.05, 0) is 42.8 Å². The number of hydrogen-bond acceptors (Lipinski definition) is 4. The van der Waals surface area contributed by atoms with Gasteiger partial charge in [0.2, 0.25) is 11.8 Å². The van der Waals surface area contributed by atoms with Crippen LogP contribution in [0.4, 0.5) is 0 Å². The number of ether oxygens (including phenoxy) is 1. The van der Waals surface area contributed by atoms with Gasteiger partial charge in [-0.2, -0.15) is 0 Å². The number of carbonyl (C=O) groups is 2. The molecule has 0 aliphatic carbocycles. The first-order valence-electron chi connectivity index (χ1n) is 8.89. The molecule has 7 nitrogen and oxygen atoms in total. The number of benzene rings is 2. The number of nitrogens with one attached hydrogen (secondary N) is 3. The molecule has 0 saturated heterocycles. The van der Waals surface area contributed by atoms with Crippen LogP contribution in [0.3, 0.4) is 0 Å². The van der Waals surface area contributed by atoms with E-state index in [0.717, 1.165) is 22.3 Å². The predicted molar refractivity (Wildman–Crippen MR) is 108 cm³/mol. The molecular formula is C21H22N4O3. The van der Waals surface area contributed by atoms with Crippen LogP contribution in [0, 0.1) is 0 Å². The summed E-state index contributed by atoms with van der Waals surface area (Å²) in [6.07, 6.45) is 3.07. The van der Waals surface area contributed by atoms with Crippen LogP contribution in [0.15, 0.2) is 54.6 Å². The van der Waals surface area contributed by atoms with Crippen molar-refractivity contribution in [1.29, 1.82) is 0 Å². The second kappa shape index (κ2) is 8.85. The molecule has 28 heavy (non-hydrogen) atoms. The Morgan fingerprint density at radius 2 is 1.93 bits per heavy atom. The maximum Gasteiger partial charge on any atom is 0.244 e. The second-order valence-corrected chi connectivity index (χ2v) is 6.26. The number of hydrogen-bond donors (Lipinski definition) is 3. The summed E-state index contributed by atoms with van der Waals surface area (Å²) >= 11 is 0. The molecule has 0 spiro atoms. The van der Waals surface area contributed by atoms with E-state index in [1.54, 1.807) is 20.1 Å². The molecule has 1 heterocycles. The molecule has 0 aliphatic rings. The van der Waals surface area contributed by atoms with Crippen molar-refractivity contribution in [3.63, 3.8) is 0 Å². The average Bonchev–Trinajstić information content (AvgIpc) is 3.13. The Hall–Kier alpha value is -3.61. The minimum atomic E-state index is -0.669. The Morgan fingerprint density at radius 3 is 2.64 bits per heavy atom. The maximum atomic E-state index is 12.2. The number of H-pyrrole nitrogens is 1. The second-order valence-electron chi connectivity index (χ2n) is 6.26. The van der Waals surface area contributed by atoms with Gasteiger partial charge < -0.3 is 20.4 Å². The van der Waals surface area contributed by atoms with Crippen molar-refractivity contribution in [1.82, 2.24) is 20.6 Å². The molecule has 1 unspecified atom stereocenters. The first-order valence-corrected chi connectivity index (χ1v) is 8.89. The highest BCUT2D eigenvalue weighted by molar-refractivity contribution is 5.95. The number of aromatic amines is 1. The van der Waals surface area contributed by atoms with E-state index in [1.807, 2.05) is 48.5 Å². The lowest BCUT2D eigenvalue weighted by atomic mass is 10.2. The van der Waals surface area contributed by atoms with Crippen molar-refractivity contribution in [2.24, 2.45) is 0 Å². The normalized spacial score (nSPS) is 12.1. The van der Waals surface area contributed by atoms with Crippen LogP contribution >= 0.6 is 0 Å². The number of rotatable bonds is 7. The zero-order chi connectivity index (χ0) is 19.9. The summed E-state index contributed by atoms with van der Waals surface area (Å²) in [6, 6.07) is 14.3. The molecule has 0 bridgehead atoms. The first-order chi connectivity index (χ1) is 13.5. The van der Waals surface area contributed by atoms with Crippen molar-refractivity contribution >= 4 is 28.9 Å². The van der Waals surface area contributed by atoms with Crippen molar-refractivity contribution in [2.75, 3.05) is 7.11 Å². The molecule has 0 fully saturated rings. The van der Waals surface area contributed by atoms with Gasteiger partial charge in [0.1, 0.15) is 17.6 Å². The van der Waals surface area contributed by atoms with E-state index in [-0.39, 0.29) is 18.4 Å².